The first kappa shape index (κ1) is 27.3. The lowest BCUT2D eigenvalue weighted by molar-refractivity contribution is -0.142. The van der Waals surface area contributed by atoms with Crippen LogP contribution in [0.5, 0.6) is 0 Å². The number of nitriles is 2. The summed E-state index contributed by atoms with van der Waals surface area (Å²) in [5.74, 6) is -1.11. The zero-order chi connectivity index (χ0) is 21.8. The van der Waals surface area contributed by atoms with E-state index in [1.54, 1.807) is 13.8 Å². The van der Waals surface area contributed by atoms with Gasteiger partial charge in [-0.05, 0) is 45.6 Å². The molecule has 7 heteroatoms. The van der Waals surface area contributed by atoms with Crippen molar-refractivity contribution >= 4 is 11.9 Å². The highest BCUT2D eigenvalue weighted by molar-refractivity contribution is 5.84. The molecule has 0 heterocycles. The van der Waals surface area contributed by atoms with Crippen molar-refractivity contribution in [3.63, 3.8) is 0 Å². The predicted molar refractivity (Wildman–Crippen MR) is 108 cm³/mol. The van der Waals surface area contributed by atoms with Crippen LogP contribution in [0, 0.1) is 22.7 Å². The van der Waals surface area contributed by atoms with E-state index in [4.69, 9.17) is 15.3 Å². The molecule has 0 rings (SSSR count). The zero-order valence-corrected chi connectivity index (χ0v) is 17.5. The van der Waals surface area contributed by atoms with E-state index >= 15 is 0 Å². The van der Waals surface area contributed by atoms with Crippen LogP contribution in [-0.4, -0.2) is 49.7 Å². The van der Waals surface area contributed by atoms with Crippen LogP contribution in [0.1, 0.15) is 41.0 Å². The molecule has 0 unspecified atom stereocenters. The normalized spacial score (nSPS) is 11.3. The Morgan fingerprint density at radius 3 is 1.89 bits per heavy atom. The van der Waals surface area contributed by atoms with E-state index in [0.29, 0.717) is 0 Å². The number of hydrogen-bond donors (Lipinski definition) is 0. The van der Waals surface area contributed by atoms with Gasteiger partial charge in [-0.25, -0.2) is 4.79 Å². The van der Waals surface area contributed by atoms with Crippen molar-refractivity contribution < 1.29 is 19.1 Å². The van der Waals surface area contributed by atoms with E-state index < -0.39 is 11.9 Å². The maximum Gasteiger partial charge on any atom is 0.332 e. The molecule has 0 radical (unpaired) electrons. The van der Waals surface area contributed by atoms with Crippen LogP contribution in [0.3, 0.4) is 0 Å². The maximum absolute atomic E-state index is 11.2. The molecule has 0 aromatic heterocycles. The largest absolute Gasteiger partial charge is 0.466 e. The van der Waals surface area contributed by atoms with E-state index in [0.717, 1.165) is 6.08 Å². The number of hydrogen-bond acceptors (Lipinski definition) is 7. The number of carbonyl (C=O) groups excluding carboxylic acids is 2. The fraction of sp³-hybridized carbons (Fsp3) is 0.524. The molecule has 0 atom stereocenters. The molecule has 0 spiro atoms. The molecular formula is C21H31N3O4. The first-order valence-corrected chi connectivity index (χ1v) is 9.35. The Bertz CT molecular complexity index is 628. The molecule has 0 bridgehead atoms. The molecule has 28 heavy (non-hydrogen) atoms. The summed E-state index contributed by atoms with van der Waals surface area (Å²) in [5, 5.41) is 17.7. The number of allylic oxidation sites excluding steroid dienone is 4. The lowest BCUT2D eigenvalue weighted by Crippen LogP contribution is -2.21. The maximum atomic E-state index is 11.2. The van der Waals surface area contributed by atoms with E-state index in [-0.39, 0.29) is 30.8 Å². The lowest BCUT2D eigenvalue weighted by atomic mass is 10.1. The highest BCUT2D eigenvalue weighted by Crippen LogP contribution is 2.04. The Labute approximate surface area is 168 Å². The van der Waals surface area contributed by atoms with Crippen molar-refractivity contribution in [1.29, 1.82) is 10.5 Å². The minimum absolute atomic E-state index is 0.0816. The fourth-order valence-electron chi connectivity index (χ4n) is 1.87. The summed E-state index contributed by atoms with van der Waals surface area (Å²) in [4.78, 5) is 24.8. The third-order valence-corrected chi connectivity index (χ3v) is 3.39. The second-order valence-corrected chi connectivity index (χ2v) is 5.23. The quantitative estimate of drug-likeness (QED) is 0.244. The second-order valence-electron chi connectivity index (χ2n) is 5.23. The van der Waals surface area contributed by atoms with Crippen molar-refractivity contribution in [3.8, 4) is 12.1 Å². The van der Waals surface area contributed by atoms with Gasteiger partial charge >= 0.3 is 11.9 Å². The lowest BCUT2D eigenvalue weighted by Gasteiger charge is -2.13. The van der Waals surface area contributed by atoms with Gasteiger partial charge in [-0.2, -0.15) is 10.5 Å². The Kier molecular flexibility index (Phi) is 18.4. The van der Waals surface area contributed by atoms with E-state index in [2.05, 4.69) is 30.4 Å². The van der Waals surface area contributed by atoms with Gasteiger partial charge in [0.1, 0.15) is 0 Å². The Hall–Kier alpha value is -2.90. The molecule has 0 aliphatic heterocycles. The van der Waals surface area contributed by atoms with Crippen LogP contribution in [0.2, 0.25) is 0 Å². The summed E-state index contributed by atoms with van der Waals surface area (Å²) in [6, 6.07) is 3.67. The molecular weight excluding hydrogens is 358 g/mol. The standard InChI is InChI=1S/C15H16N2O4.C6H15N/c1-3-20-14(18)8-12(10-16)6-5-7-13(11-17)9-15(19)21-4-2;1-4-7(5-2)6-3/h5-8H,3-4,9H2,1-2H3;4-6H2,1-3H3/b6-5+,12-8-,13-7-;. The molecule has 0 aliphatic carbocycles. The van der Waals surface area contributed by atoms with Crippen molar-refractivity contribution in [1.82, 2.24) is 4.90 Å². The molecule has 7 nitrogen and oxygen atoms in total. The molecule has 154 valence electrons. The van der Waals surface area contributed by atoms with Gasteiger partial charge in [-0.1, -0.05) is 26.8 Å². The van der Waals surface area contributed by atoms with Gasteiger partial charge in [0.05, 0.1) is 37.3 Å². The van der Waals surface area contributed by atoms with Crippen LogP contribution >= 0.6 is 0 Å². The minimum Gasteiger partial charge on any atom is -0.466 e. The average Bonchev–Trinajstić information content (AvgIpc) is 2.68. The van der Waals surface area contributed by atoms with Crippen LogP contribution in [0.15, 0.2) is 35.5 Å². The van der Waals surface area contributed by atoms with E-state index in [1.807, 2.05) is 12.1 Å². The zero-order valence-electron chi connectivity index (χ0n) is 17.5. The minimum atomic E-state index is -0.616. The molecule has 0 aromatic rings. The molecule has 0 aliphatic rings. The van der Waals surface area contributed by atoms with Crippen molar-refractivity contribution in [2.45, 2.75) is 41.0 Å². The second kappa shape index (κ2) is 18.9. The highest BCUT2D eigenvalue weighted by Gasteiger charge is 2.05. The Balaban J connectivity index is 0. The summed E-state index contributed by atoms with van der Waals surface area (Å²) in [6.45, 7) is 13.9. The number of rotatable bonds is 10. The summed E-state index contributed by atoms with van der Waals surface area (Å²) in [6.07, 6.45) is 5.04. The summed E-state index contributed by atoms with van der Waals surface area (Å²) in [5.41, 5.74) is 0.274. The van der Waals surface area contributed by atoms with Crippen LogP contribution in [0.25, 0.3) is 0 Å². The van der Waals surface area contributed by atoms with Crippen molar-refractivity contribution in [2.75, 3.05) is 32.8 Å². The Morgan fingerprint density at radius 2 is 1.50 bits per heavy atom. The first-order chi connectivity index (χ1) is 13.4. The monoisotopic (exact) mass is 389 g/mol. The van der Waals surface area contributed by atoms with Crippen molar-refractivity contribution in [2.24, 2.45) is 0 Å². The Morgan fingerprint density at radius 1 is 0.929 bits per heavy atom. The van der Waals surface area contributed by atoms with Crippen LogP contribution in [0.4, 0.5) is 0 Å². The third-order valence-electron chi connectivity index (χ3n) is 3.39. The van der Waals surface area contributed by atoms with E-state index in [9.17, 15) is 9.59 Å². The first-order valence-electron chi connectivity index (χ1n) is 9.35. The SMILES string of the molecule is CCN(CC)CC.CCOC(=O)/C=C(C#N)/C=C/C=C(\C#N)CC(=O)OCC. The van der Waals surface area contributed by atoms with E-state index in [1.165, 1.54) is 37.9 Å². The van der Waals surface area contributed by atoms with Crippen LogP contribution < -0.4 is 0 Å². The fourth-order valence-corrected chi connectivity index (χ4v) is 1.87. The summed E-state index contributed by atoms with van der Waals surface area (Å²) < 4.78 is 9.40. The van der Waals surface area contributed by atoms with Gasteiger partial charge in [0, 0.05) is 11.6 Å². The topological polar surface area (TPSA) is 103 Å². The van der Waals surface area contributed by atoms with Gasteiger partial charge in [0.15, 0.2) is 0 Å². The van der Waals surface area contributed by atoms with Crippen LogP contribution in [-0.2, 0) is 19.1 Å². The summed E-state index contributed by atoms with van der Waals surface area (Å²) >= 11 is 0. The molecule has 0 aromatic carbocycles. The van der Waals surface area contributed by atoms with Gasteiger partial charge in [-0.15, -0.1) is 0 Å². The molecule has 0 N–H and O–H groups in total. The number of esters is 2. The predicted octanol–water partition coefficient (Wildman–Crippen LogP) is 3.31. The number of nitrogens with zero attached hydrogens (tertiary/aromatic N) is 3. The average molecular weight is 389 g/mol. The van der Waals surface area contributed by atoms with Gasteiger partial charge in [0.25, 0.3) is 0 Å². The number of carbonyl (C=O) groups is 2. The van der Waals surface area contributed by atoms with Gasteiger partial charge in [-0.3, -0.25) is 4.79 Å². The smallest absolute Gasteiger partial charge is 0.332 e. The molecule has 0 saturated heterocycles. The summed E-state index contributed by atoms with van der Waals surface area (Å²) in [7, 11) is 0. The molecule has 0 saturated carbocycles. The molecule has 0 fully saturated rings. The molecule has 0 amide bonds. The third kappa shape index (κ3) is 15.4. The van der Waals surface area contributed by atoms with Gasteiger partial charge < -0.3 is 14.4 Å². The van der Waals surface area contributed by atoms with Gasteiger partial charge in [0.2, 0.25) is 0 Å². The van der Waals surface area contributed by atoms with Crippen molar-refractivity contribution in [3.05, 3.63) is 35.5 Å². The highest BCUT2D eigenvalue weighted by atomic mass is 16.5. The number of ether oxygens (including phenoxy) is 2.